The molecule has 20 heavy (non-hydrogen) atoms. The second-order valence-electron chi connectivity index (χ2n) is 5.17. The van der Waals surface area contributed by atoms with E-state index in [0.717, 1.165) is 12.8 Å². The molecular formula is C12H21N5O2S. The van der Waals surface area contributed by atoms with Crippen molar-refractivity contribution >= 4 is 15.8 Å². The number of rotatable bonds is 5. The van der Waals surface area contributed by atoms with Crippen LogP contribution in [0.3, 0.4) is 0 Å². The number of aromatic nitrogens is 1. The third-order valence-corrected chi connectivity index (χ3v) is 5.38. The highest BCUT2D eigenvalue weighted by Gasteiger charge is 2.36. The summed E-state index contributed by atoms with van der Waals surface area (Å²) in [4.78, 5) is 6.10. The average Bonchev–Trinajstić information content (AvgIpc) is 2.86. The van der Waals surface area contributed by atoms with E-state index in [0.29, 0.717) is 13.1 Å². The van der Waals surface area contributed by atoms with Crippen molar-refractivity contribution in [1.29, 1.82) is 0 Å². The lowest BCUT2D eigenvalue weighted by molar-refractivity contribution is 0.291. The Balaban J connectivity index is 2.34. The van der Waals surface area contributed by atoms with Crippen molar-refractivity contribution in [2.45, 2.75) is 23.8 Å². The highest BCUT2D eigenvalue weighted by atomic mass is 32.2. The Kier molecular flexibility index (Phi) is 4.59. The van der Waals surface area contributed by atoms with Crippen LogP contribution in [0.4, 0.5) is 5.82 Å². The van der Waals surface area contributed by atoms with Crippen LogP contribution >= 0.6 is 0 Å². The Hall–Kier alpha value is -1.22. The zero-order valence-corrected chi connectivity index (χ0v) is 12.6. The highest BCUT2D eigenvalue weighted by molar-refractivity contribution is 7.89. The number of nitrogens with one attached hydrogen (secondary N) is 1. The highest BCUT2D eigenvalue weighted by Crippen LogP contribution is 2.28. The van der Waals surface area contributed by atoms with Gasteiger partial charge in [-0.1, -0.05) is 0 Å². The maximum absolute atomic E-state index is 12.8. The van der Waals surface area contributed by atoms with E-state index in [1.807, 2.05) is 19.0 Å². The molecule has 0 aromatic carbocycles. The van der Waals surface area contributed by atoms with Gasteiger partial charge in [0.2, 0.25) is 10.0 Å². The Bertz CT molecular complexity index is 561. The lowest BCUT2D eigenvalue weighted by Gasteiger charge is -2.26. The molecule has 7 nitrogen and oxygen atoms in total. The maximum atomic E-state index is 12.8. The van der Waals surface area contributed by atoms with E-state index >= 15 is 0 Å². The minimum absolute atomic E-state index is 0.000769. The number of hydrogen-bond donors (Lipinski definition) is 2. The summed E-state index contributed by atoms with van der Waals surface area (Å²) in [5, 5.41) is 0. The molecule has 3 N–H and O–H groups in total. The van der Waals surface area contributed by atoms with E-state index < -0.39 is 10.0 Å². The van der Waals surface area contributed by atoms with Gasteiger partial charge in [0.15, 0.2) is 5.82 Å². The van der Waals surface area contributed by atoms with Crippen molar-refractivity contribution in [2.75, 3.05) is 32.6 Å². The van der Waals surface area contributed by atoms with Crippen LogP contribution in [0.2, 0.25) is 0 Å². The van der Waals surface area contributed by atoms with Gasteiger partial charge in [0.1, 0.15) is 4.90 Å². The Morgan fingerprint density at radius 3 is 2.95 bits per heavy atom. The molecule has 1 fully saturated rings. The molecule has 112 valence electrons. The van der Waals surface area contributed by atoms with Crippen LogP contribution in [0, 0.1) is 0 Å². The summed E-state index contributed by atoms with van der Waals surface area (Å²) in [6, 6.07) is 3.13. The zero-order valence-electron chi connectivity index (χ0n) is 11.8. The number of nitrogen functional groups attached to an aromatic ring is 1. The Labute approximate surface area is 119 Å². The van der Waals surface area contributed by atoms with Crippen LogP contribution in [-0.2, 0) is 10.0 Å². The molecule has 0 saturated carbocycles. The SMILES string of the molecule is CN(C)CC1CCCN1S(=O)(=O)c1cccnc1NN. The molecule has 0 radical (unpaired) electrons. The van der Waals surface area contributed by atoms with E-state index in [1.165, 1.54) is 12.3 Å². The van der Waals surface area contributed by atoms with Gasteiger partial charge in [0, 0.05) is 25.3 Å². The molecule has 0 bridgehead atoms. The quantitative estimate of drug-likeness (QED) is 0.591. The first-order valence-electron chi connectivity index (χ1n) is 6.55. The number of likely N-dealkylation sites (N-methyl/N-ethyl adjacent to an activating group) is 1. The third-order valence-electron chi connectivity index (χ3n) is 3.39. The first-order chi connectivity index (χ1) is 9.46. The van der Waals surface area contributed by atoms with E-state index in [4.69, 9.17) is 5.84 Å². The molecular weight excluding hydrogens is 278 g/mol. The molecule has 1 saturated heterocycles. The predicted molar refractivity (Wildman–Crippen MR) is 77.5 cm³/mol. The number of pyridine rings is 1. The van der Waals surface area contributed by atoms with Gasteiger partial charge in [-0.3, -0.25) is 0 Å². The molecule has 0 aliphatic carbocycles. The molecule has 2 rings (SSSR count). The minimum atomic E-state index is -3.57. The third kappa shape index (κ3) is 2.93. The average molecular weight is 299 g/mol. The largest absolute Gasteiger partial charge is 0.308 e. The van der Waals surface area contributed by atoms with Gasteiger partial charge in [-0.15, -0.1) is 0 Å². The first-order valence-corrected chi connectivity index (χ1v) is 7.99. The molecule has 1 atom stereocenters. The van der Waals surface area contributed by atoms with Gasteiger partial charge in [-0.2, -0.15) is 4.31 Å². The van der Waals surface area contributed by atoms with Gasteiger partial charge in [-0.25, -0.2) is 19.2 Å². The van der Waals surface area contributed by atoms with Crippen molar-refractivity contribution in [3.63, 3.8) is 0 Å². The summed E-state index contributed by atoms with van der Waals surface area (Å²) in [6.07, 6.45) is 3.27. The van der Waals surface area contributed by atoms with Crippen LogP contribution in [0.5, 0.6) is 0 Å². The van der Waals surface area contributed by atoms with E-state index in [-0.39, 0.29) is 16.8 Å². The standard InChI is InChI=1S/C12H21N5O2S/c1-16(2)9-10-5-4-8-17(10)20(18,19)11-6-3-7-14-12(11)15-13/h3,6-7,10H,4-5,8-9,13H2,1-2H3,(H,14,15). The summed E-state index contributed by atoms with van der Waals surface area (Å²) in [5.74, 6) is 5.54. The Morgan fingerprint density at radius 1 is 1.55 bits per heavy atom. The van der Waals surface area contributed by atoms with Crippen LogP contribution in [-0.4, -0.2) is 55.8 Å². The fourth-order valence-electron chi connectivity index (χ4n) is 2.56. The van der Waals surface area contributed by atoms with E-state index in [1.54, 1.807) is 10.4 Å². The molecule has 8 heteroatoms. The molecule has 0 amide bonds. The second-order valence-corrected chi connectivity index (χ2v) is 7.03. The molecule has 2 heterocycles. The van der Waals surface area contributed by atoms with Crippen molar-refractivity contribution in [2.24, 2.45) is 5.84 Å². The normalized spacial score (nSPS) is 20.5. The Morgan fingerprint density at radius 2 is 2.30 bits per heavy atom. The van der Waals surface area contributed by atoms with Crippen molar-refractivity contribution in [1.82, 2.24) is 14.2 Å². The molecule has 1 aromatic heterocycles. The fraction of sp³-hybridized carbons (Fsp3) is 0.583. The van der Waals surface area contributed by atoms with Gasteiger partial charge in [-0.05, 0) is 39.1 Å². The molecule has 1 aliphatic heterocycles. The summed E-state index contributed by atoms with van der Waals surface area (Å²) in [7, 11) is 0.314. The summed E-state index contributed by atoms with van der Waals surface area (Å²) in [6.45, 7) is 1.25. The summed E-state index contributed by atoms with van der Waals surface area (Å²) < 4.78 is 27.1. The van der Waals surface area contributed by atoms with Crippen molar-refractivity contribution in [3.05, 3.63) is 18.3 Å². The summed E-state index contributed by atoms with van der Waals surface area (Å²) in [5.41, 5.74) is 2.35. The first kappa shape index (κ1) is 15.2. The molecule has 1 aliphatic rings. The number of hydrazine groups is 1. The van der Waals surface area contributed by atoms with Crippen LogP contribution in [0.25, 0.3) is 0 Å². The van der Waals surface area contributed by atoms with Crippen molar-refractivity contribution < 1.29 is 8.42 Å². The lowest BCUT2D eigenvalue weighted by Crippen LogP contribution is -2.41. The second kappa shape index (κ2) is 6.04. The van der Waals surface area contributed by atoms with Crippen LogP contribution in [0.1, 0.15) is 12.8 Å². The van der Waals surface area contributed by atoms with E-state index in [2.05, 4.69) is 10.4 Å². The number of anilines is 1. The predicted octanol–water partition coefficient (Wildman–Crippen LogP) is 0.0819. The number of sulfonamides is 1. The number of nitrogens with zero attached hydrogens (tertiary/aromatic N) is 3. The summed E-state index contributed by atoms with van der Waals surface area (Å²) >= 11 is 0. The zero-order chi connectivity index (χ0) is 14.8. The maximum Gasteiger partial charge on any atom is 0.247 e. The molecule has 1 unspecified atom stereocenters. The topological polar surface area (TPSA) is 91.6 Å². The smallest absolute Gasteiger partial charge is 0.247 e. The lowest BCUT2D eigenvalue weighted by atomic mass is 10.2. The monoisotopic (exact) mass is 299 g/mol. The van der Waals surface area contributed by atoms with Gasteiger partial charge >= 0.3 is 0 Å². The van der Waals surface area contributed by atoms with Crippen molar-refractivity contribution in [3.8, 4) is 0 Å². The van der Waals surface area contributed by atoms with E-state index in [9.17, 15) is 8.42 Å². The number of nitrogens with two attached hydrogens (primary N) is 1. The van der Waals surface area contributed by atoms with Gasteiger partial charge in [0.05, 0.1) is 0 Å². The van der Waals surface area contributed by atoms with Crippen LogP contribution < -0.4 is 11.3 Å². The molecule has 0 spiro atoms. The van der Waals surface area contributed by atoms with Gasteiger partial charge in [0.25, 0.3) is 0 Å². The van der Waals surface area contributed by atoms with Crippen LogP contribution in [0.15, 0.2) is 23.2 Å². The minimum Gasteiger partial charge on any atom is -0.308 e. The molecule has 1 aromatic rings. The fourth-order valence-corrected chi connectivity index (χ4v) is 4.36. The number of hydrogen-bond acceptors (Lipinski definition) is 6. The van der Waals surface area contributed by atoms with Gasteiger partial charge < -0.3 is 10.3 Å².